The van der Waals surface area contributed by atoms with Crippen LogP contribution in [0.5, 0.6) is 17.6 Å². The number of nitrogens with zero attached hydrogens (tertiary/aromatic N) is 3. The predicted molar refractivity (Wildman–Crippen MR) is 188 cm³/mol. The maximum atomic E-state index is 14.3. The van der Waals surface area contributed by atoms with E-state index in [1.54, 1.807) is 32.4 Å². The molecule has 0 unspecified atom stereocenters. The van der Waals surface area contributed by atoms with Crippen LogP contribution in [0, 0.1) is 0 Å². The first-order chi connectivity index (χ1) is 25.0. The first kappa shape index (κ1) is 37.3. The molecule has 0 radical (unpaired) electrons. The molecule has 0 bridgehead atoms. The summed E-state index contributed by atoms with van der Waals surface area (Å²) in [5.41, 5.74) is 4.05. The van der Waals surface area contributed by atoms with Gasteiger partial charge in [0.25, 0.3) is 0 Å². The Hall–Kier alpha value is -4.50. The third-order valence-electron chi connectivity index (χ3n) is 9.09. The minimum Gasteiger partial charge on any atom is -0.481 e. The number of aliphatic hydroxyl groups is 1. The van der Waals surface area contributed by atoms with E-state index >= 15 is 0 Å². The highest BCUT2D eigenvalue weighted by atomic mass is 35.5. The molecule has 6 rings (SSSR count). The predicted octanol–water partition coefficient (Wildman–Crippen LogP) is 5.80. The van der Waals surface area contributed by atoms with Crippen molar-refractivity contribution in [1.29, 1.82) is 0 Å². The van der Waals surface area contributed by atoms with Gasteiger partial charge in [-0.15, -0.1) is 0 Å². The van der Waals surface area contributed by atoms with Crippen molar-refractivity contribution in [3.63, 3.8) is 0 Å². The monoisotopic (exact) mass is 740 g/mol. The summed E-state index contributed by atoms with van der Waals surface area (Å²) in [7, 11) is 2.88. The van der Waals surface area contributed by atoms with E-state index in [1.165, 1.54) is 7.11 Å². The first-order valence-corrected chi connectivity index (χ1v) is 17.4. The molecular formula is C37H40ClF3N6O5. The van der Waals surface area contributed by atoms with Crippen molar-refractivity contribution in [2.24, 2.45) is 0 Å². The number of pyridine rings is 3. The Labute approximate surface area is 304 Å². The first-order valence-electron chi connectivity index (χ1n) is 17.0. The van der Waals surface area contributed by atoms with Gasteiger partial charge in [0, 0.05) is 67.1 Å². The molecule has 1 fully saturated rings. The summed E-state index contributed by atoms with van der Waals surface area (Å²) in [6, 6.07) is 12.1. The number of hydrogen-bond donors (Lipinski definition) is 4. The summed E-state index contributed by atoms with van der Waals surface area (Å²) in [6.45, 7) is 2.90. The van der Waals surface area contributed by atoms with Gasteiger partial charge in [-0.2, -0.15) is 18.2 Å². The Morgan fingerprint density at radius 3 is 2.46 bits per heavy atom. The van der Waals surface area contributed by atoms with Gasteiger partial charge < -0.3 is 35.3 Å². The van der Waals surface area contributed by atoms with Crippen LogP contribution < -0.4 is 30.2 Å². The lowest BCUT2D eigenvalue weighted by Gasteiger charge is -2.21. The van der Waals surface area contributed by atoms with Crippen LogP contribution in [-0.4, -0.2) is 65.4 Å². The fraction of sp³-hybridized carbons (Fsp3) is 0.405. The molecule has 52 heavy (non-hydrogen) atoms. The second-order valence-corrected chi connectivity index (χ2v) is 13.2. The van der Waals surface area contributed by atoms with E-state index in [4.69, 9.17) is 30.8 Å². The molecule has 1 aromatic carbocycles. The van der Waals surface area contributed by atoms with E-state index in [2.05, 4.69) is 25.9 Å². The highest BCUT2D eigenvalue weighted by Gasteiger charge is 2.39. The summed E-state index contributed by atoms with van der Waals surface area (Å²) in [5.74, 6) is -0.0810. The standard InChI is InChI=1S/C37H40ClF3N6O5/c1-20(48)16-42-18-22-15-28(37(39,40)41)36(47-35(22)51-3)52-30-11-9-24-25(30)5-4-6-26(24)33-32(38)27(13-14-44-33)29-10-7-21(34(46-29)50-2)17-43-19-23-8-12-31(49)45-23/h4-7,10,13-15,20,23,30,42-43,48H,8-9,11-12,16-19H2,1-3H3,(H,45,49)/t20-,23+,30+/m1/s1. The summed E-state index contributed by atoms with van der Waals surface area (Å²) in [5, 5.41) is 19.1. The third kappa shape index (κ3) is 8.25. The van der Waals surface area contributed by atoms with Crippen LogP contribution in [-0.2, 0) is 30.5 Å². The van der Waals surface area contributed by atoms with Gasteiger partial charge in [-0.3, -0.25) is 9.78 Å². The summed E-state index contributed by atoms with van der Waals surface area (Å²) < 4.78 is 59.9. The number of carbonyl (C=O) groups excluding carboxylic acids is 1. The van der Waals surface area contributed by atoms with E-state index < -0.39 is 29.8 Å². The smallest absolute Gasteiger partial charge is 0.421 e. The van der Waals surface area contributed by atoms with Gasteiger partial charge in [-0.1, -0.05) is 35.9 Å². The lowest BCUT2D eigenvalue weighted by atomic mass is 9.98. The Kier molecular flexibility index (Phi) is 11.5. The number of carbonyl (C=O) groups is 1. The van der Waals surface area contributed by atoms with Crippen molar-refractivity contribution in [1.82, 2.24) is 30.9 Å². The number of aliphatic hydroxyl groups excluding tert-OH is 1. The number of halogens is 4. The molecule has 4 heterocycles. The third-order valence-corrected chi connectivity index (χ3v) is 9.48. The maximum Gasteiger partial charge on any atom is 0.421 e. The van der Waals surface area contributed by atoms with Crippen LogP contribution in [0.4, 0.5) is 13.2 Å². The SMILES string of the molecule is COc1nc(-c2ccnc(-c3cccc4c3CC[C@@H]4Oc3nc(OC)c(CNC[C@@H](C)O)cc3C(F)(F)F)c2Cl)ccc1CNC[C@@H]1CCC(=O)N1. The molecule has 4 N–H and O–H groups in total. The molecule has 1 aliphatic carbocycles. The highest BCUT2D eigenvalue weighted by Crippen LogP contribution is 2.45. The van der Waals surface area contributed by atoms with Gasteiger partial charge in [0.2, 0.25) is 23.5 Å². The fourth-order valence-electron chi connectivity index (χ4n) is 6.60. The van der Waals surface area contributed by atoms with E-state index in [1.807, 2.05) is 24.3 Å². The number of alkyl halides is 3. The molecule has 3 atom stereocenters. The molecule has 0 spiro atoms. The zero-order valence-electron chi connectivity index (χ0n) is 28.9. The Bertz CT molecular complexity index is 1930. The number of ether oxygens (including phenoxy) is 3. The van der Waals surface area contributed by atoms with Gasteiger partial charge in [0.15, 0.2) is 0 Å². The molecule has 1 amide bonds. The van der Waals surface area contributed by atoms with Crippen molar-refractivity contribution in [3.8, 4) is 40.2 Å². The summed E-state index contributed by atoms with van der Waals surface area (Å²) in [4.78, 5) is 25.0. The zero-order chi connectivity index (χ0) is 37.0. The van der Waals surface area contributed by atoms with Gasteiger partial charge in [-0.25, -0.2) is 4.98 Å². The molecule has 1 saturated heterocycles. The van der Waals surface area contributed by atoms with E-state index in [0.29, 0.717) is 65.8 Å². The summed E-state index contributed by atoms with van der Waals surface area (Å²) in [6.07, 6.45) is -2.24. The number of hydrogen-bond acceptors (Lipinski definition) is 10. The Balaban J connectivity index is 1.25. The number of methoxy groups -OCH3 is 2. The average molecular weight is 741 g/mol. The molecule has 4 aromatic rings. The normalized spacial score (nSPS) is 17.5. The number of amides is 1. The molecule has 2 aliphatic rings. The molecular weight excluding hydrogens is 701 g/mol. The van der Waals surface area contributed by atoms with Gasteiger partial charge >= 0.3 is 6.18 Å². The van der Waals surface area contributed by atoms with E-state index in [-0.39, 0.29) is 36.5 Å². The van der Waals surface area contributed by atoms with Crippen LogP contribution in [0.3, 0.4) is 0 Å². The van der Waals surface area contributed by atoms with Gasteiger partial charge in [0.05, 0.1) is 36.7 Å². The Morgan fingerprint density at radius 2 is 1.75 bits per heavy atom. The van der Waals surface area contributed by atoms with Crippen LogP contribution in [0.1, 0.15) is 60.1 Å². The maximum absolute atomic E-state index is 14.3. The van der Waals surface area contributed by atoms with Crippen LogP contribution in [0.15, 0.2) is 48.7 Å². The van der Waals surface area contributed by atoms with E-state index in [0.717, 1.165) is 29.2 Å². The zero-order valence-corrected chi connectivity index (χ0v) is 29.7. The summed E-state index contributed by atoms with van der Waals surface area (Å²) >= 11 is 7.03. The second-order valence-electron chi connectivity index (χ2n) is 12.8. The minimum atomic E-state index is -4.74. The second kappa shape index (κ2) is 16.0. The van der Waals surface area contributed by atoms with Crippen molar-refractivity contribution in [2.45, 2.75) is 70.1 Å². The molecule has 1 aliphatic heterocycles. The molecule has 11 nitrogen and oxygen atoms in total. The number of nitrogens with one attached hydrogen (secondary N) is 3. The van der Waals surface area contributed by atoms with Crippen molar-refractivity contribution in [2.75, 3.05) is 27.3 Å². The van der Waals surface area contributed by atoms with Crippen LogP contribution >= 0.6 is 11.6 Å². The highest BCUT2D eigenvalue weighted by molar-refractivity contribution is 6.35. The molecule has 3 aromatic heterocycles. The average Bonchev–Trinajstić information content (AvgIpc) is 3.73. The fourth-order valence-corrected chi connectivity index (χ4v) is 6.91. The number of fused-ring (bicyclic) bond motifs is 1. The minimum absolute atomic E-state index is 0.00513. The molecule has 276 valence electrons. The van der Waals surface area contributed by atoms with Gasteiger partial charge in [-0.05, 0) is 55.5 Å². The van der Waals surface area contributed by atoms with Crippen molar-refractivity contribution >= 4 is 17.5 Å². The van der Waals surface area contributed by atoms with E-state index in [9.17, 15) is 23.1 Å². The van der Waals surface area contributed by atoms with Crippen LogP contribution in [0.25, 0.3) is 22.5 Å². The topological polar surface area (TPSA) is 140 Å². The number of benzene rings is 1. The lowest BCUT2D eigenvalue weighted by Crippen LogP contribution is -2.35. The largest absolute Gasteiger partial charge is 0.481 e. The van der Waals surface area contributed by atoms with Gasteiger partial charge in [0.1, 0.15) is 11.7 Å². The quantitative estimate of drug-likeness (QED) is 0.126. The van der Waals surface area contributed by atoms with Crippen LogP contribution in [0.2, 0.25) is 5.02 Å². The number of aromatic nitrogens is 3. The molecule has 15 heteroatoms. The van der Waals surface area contributed by atoms with Crippen molar-refractivity contribution < 1.29 is 37.3 Å². The number of rotatable bonds is 14. The molecule has 0 saturated carbocycles. The lowest BCUT2D eigenvalue weighted by molar-refractivity contribution is -0.139. The Morgan fingerprint density at radius 1 is 0.981 bits per heavy atom. The van der Waals surface area contributed by atoms with Crippen molar-refractivity contribution in [3.05, 3.63) is 81.5 Å².